The summed E-state index contributed by atoms with van der Waals surface area (Å²) in [6.45, 7) is 3.93. The highest BCUT2D eigenvalue weighted by Crippen LogP contribution is 2.28. The number of nitrogens with one attached hydrogen (secondary N) is 1. The third kappa shape index (κ3) is 4.56. The van der Waals surface area contributed by atoms with E-state index < -0.39 is 11.8 Å². The highest BCUT2D eigenvalue weighted by molar-refractivity contribution is 9.10. The zero-order chi connectivity index (χ0) is 21.1. The lowest BCUT2D eigenvalue weighted by Gasteiger charge is -2.29. The van der Waals surface area contributed by atoms with Crippen LogP contribution >= 0.6 is 28.1 Å². The third-order valence-electron chi connectivity index (χ3n) is 4.15. The molecule has 1 fully saturated rings. The summed E-state index contributed by atoms with van der Waals surface area (Å²) in [6, 6.07) is 10.9. The summed E-state index contributed by atoms with van der Waals surface area (Å²) in [7, 11) is 0. The monoisotopic (exact) mass is 468 g/mol. The highest BCUT2D eigenvalue weighted by Gasteiger charge is 2.34. The van der Waals surface area contributed by atoms with Crippen LogP contribution in [0.5, 0.6) is 5.75 Å². The van der Waals surface area contributed by atoms with Crippen molar-refractivity contribution in [2.45, 2.75) is 13.8 Å². The quantitative estimate of drug-likeness (QED) is 0.319. The van der Waals surface area contributed by atoms with Gasteiger partial charge in [-0.3, -0.25) is 19.8 Å². The van der Waals surface area contributed by atoms with Gasteiger partial charge in [0.2, 0.25) is 0 Å². The molecule has 29 heavy (non-hydrogen) atoms. The Morgan fingerprint density at radius 3 is 2.55 bits per heavy atom. The zero-order valence-corrected chi connectivity index (χ0v) is 18.2. The molecule has 0 atom stereocenters. The molecule has 0 aliphatic carbocycles. The fourth-order valence-electron chi connectivity index (χ4n) is 3.01. The molecule has 1 saturated heterocycles. The average Bonchev–Trinajstić information content (AvgIpc) is 2.63. The van der Waals surface area contributed by atoms with Crippen molar-refractivity contribution in [3.63, 3.8) is 0 Å². The molecule has 1 N–H and O–H groups in total. The van der Waals surface area contributed by atoms with E-state index in [1.807, 2.05) is 32.0 Å². The van der Waals surface area contributed by atoms with Crippen molar-refractivity contribution in [2.24, 2.45) is 0 Å². The van der Waals surface area contributed by atoms with E-state index in [9.17, 15) is 9.59 Å². The summed E-state index contributed by atoms with van der Waals surface area (Å²) in [5, 5.41) is 2.63. The van der Waals surface area contributed by atoms with Crippen LogP contribution in [0.25, 0.3) is 6.08 Å². The van der Waals surface area contributed by atoms with Gasteiger partial charge >= 0.3 is 0 Å². The van der Waals surface area contributed by atoms with Gasteiger partial charge in [-0.15, -0.1) is 6.42 Å². The molecule has 0 spiro atoms. The number of halogens is 1. The molecular formula is C22H17BrN2O3S. The van der Waals surface area contributed by atoms with E-state index in [4.69, 9.17) is 23.4 Å². The lowest BCUT2D eigenvalue weighted by atomic mass is 10.0. The van der Waals surface area contributed by atoms with Crippen LogP contribution in [0.1, 0.15) is 16.7 Å². The lowest BCUT2D eigenvalue weighted by molar-refractivity contribution is -0.122. The number of hydrogen-bond acceptors (Lipinski definition) is 4. The number of benzene rings is 2. The van der Waals surface area contributed by atoms with Crippen LogP contribution in [0, 0.1) is 26.2 Å². The maximum absolute atomic E-state index is 13.2. The molecule has 1 heterocycles. The highest BCUT2D eigenvalue weighted by atomic mass is 79.9. The van der Waals surface area contributed by atoms with Gasteiger partial charge < -0.3 is 4.74 Å². The number of ether oxygens (including phenoxy) is 1. The standard InChI is InChI=1S/C22H17BrN2O3S/c1-4-7-28-19-6-5-16(23)11-15(19)12-18-20(26)24-22(29)25(21(18)27)17-9-13(2)8-14(3)10-17/h1,5-6,8-12H,7H2,2-3H3,(H,24,26,29)/b18-12+. The molecule has 2 aromatic rings. The van der Waals surface area contributed by atoms with Crippen molar-refractivity contribution in [3.05, 3.63) is 63.1 Å². The lowest BCUT2D eigenvalue weighted by Crippen LogP contribution is -2.54. The van der Waals surface area contributed by atoms with E-state index in [1.54, 1.807) is 18.2 Å². The topological polar surface area (TPSA) is 58.6 Å². The van der Waals surface area contributed by atoms with E-state index in [-0.39, 0.29) is 17.3 Å². The predicted octanol–water partition coefficient (Wildman–Crippen LogP) is 3.91. The van der Waals surface area contributed by atoms with E-state index >= 15 is 0 Å². The van der Waals surface area contributed by atoms with Gasteiger partial charge in [-0.05, 0) is 73.6 Å². The van der Waals surface area contributed by atoms with Gasteiger partial charge in [-0.2, -0.15) is 0 Å². The van der Waals surface area contributed by atoms with Crippen molar-refractivity contribution in [1.82, 2.24) is 5.32 Å². The first-order valence-corrected chi connectivity index (χ1v) is 9.86. The summed E-state index contributed by atoms with van der Waals surface area (Å²) < 4.78 is 6.30. The number of aryl methyl sites for hydroxylation is 2. The number of nitrogens with zero attached hydrogens (tertiary/aromatic N) is 1. The van der Waals surface area contributed by atoms with E-state index in [0.717, 1.165) is 15.6 Å². The minimum absolute atomic E-state index is 0.0418. The fourth-order valence-corrected chi connectivity index (χ4v) is 3.67. The number of carbonyl (C=O) groups is 2. The normalized spacial score (nSPS) is 15.3. The number of hydrogen-bond donors (Lipinski definition) is 1. The molecule has 2 aromatic carbocycles. The largest absolute Gasteiger partial charge is 0.480 e. The Morgan fingerprint density at radius 2 is 1.90 bits per heavy atom. The summed E-state index contributed by atoms with van der Waals surface area (Å²) in [4.78, 5) is 27.1. The molecule has 0 aromatic heterocycles. The Bertz CT molecular complexity index is 1080. The van der Waals surface area contributed by atoms with E-state index in [1.165, 1.54) is 11.0 Å². The second-order valence-corrected chi connectivity index (χ2v) is 7.78. The first-order chi connectivity index (χ1) is 13.8. The van der Waals surface area contributed by atoms with Crippen LogP contribution in [-0.2, 0) is 9.59 Å². The minimum Gasteiger partial charge on any atom is -0.480 e. The molecule has 2 amide bonds. The molecule has 7 heteroatoms. The Kier molecular flexibility index (Phi) is 6.16. The second kappa shape index (κ2) is 8.60. The molecule has 0 saturated carbocycles. The third-order valence-corrected chi connectivity index (χ3v) is 4.93. The molecule has 1 aliphatic heterocycles. The van der Waals surface area contributed by atoms with Gasteiger partial charge in [0.25, 0.3) is 11.8 Å². The van der Waals surface area contributed by atoms with Gasteiger partial charge in [-0.25, -0.2) is 0 Å². The minimum atomic E-state index is -0.566. The molecule has 3 rings (SSSR count). The number of thiocarbonyl (C=S) groups is 1. The maximum atomic E-state index is 13.2. The summed E-state index contributed by atoms with van der Waals surface area (Å²) >= 11 is 8.65. The predicted molar refractivity (Wildman–Crippen MR) is 121 cm³/mol. The maximum Gasteiger partial charge on any atom is 0.270 e. The number of rotatable bonds is 4. The molecule has 5 nitrogen and oxygen atoms in total. The number of carbonyl (C=O) groups excluding carboxylic acids is 2. The summed E-state index contributed by atoms with van der Waals surface area (Å²) in [6.07, 6.45) is 6.75. The van der Waals surface area contributed by atoms with Crippen molar-refractivity contribution in [1.29, 1.82) is 0 Å². The molecule has 0 bridgehead atoms. The molecule has 1 aliphatic rings. The first kappa shape index (κ1) is 20.8. The van der Waals surface area contributed by atoms with Crippen LogP contribution in [0.4, 0.5) is 5.69 Å². The van der Waals surface area contributed by atoms with Crippen LogP contribution < -0.4 is 15.0 Å². The number of amides is 2. The van der Waals surface area contributed by atoms with Gasteiger partial charge in [0, 0.05) is 10.0 Å². The fraction of sp³-hybridized carbons (Fsp3) is 0.136. The zero-order valence-electron chi connectivity index (χ0n) is 15.8. The average molecular weight is 469 g/mol. The van der Waals surface area contributed by atoms with Crippen LogP contribution in [-0.4, -0.2) is 23.5 Å². The summed E-state index contributed by atoms with van der Waals surface area (Å²) in [5.41, 5.74) is 3.05. The van der Waals surface area contributed by atoms with Crippen molar-refractivity contribution in [2.75, 3.05) is 11.5 Å². The Morgan fingerprint density at radius 1 is 1.21 bits per heavy atom. The molecule has 0 unspecified atom stereocenters. The van der Waals surface area contributed by atoms with E-state index in [2.05, 4.69) is 27.2 Å². The Balaban J connectivity index is 2.07. The first-order valence-electron chi connectivity index (χ1n) is 8.65. The second-order valence-electron chi connectivity index (χ2n) is 6.48. The van der Waals surface area contributed by atoms with Gasteiger partial charge in [-0.1, -0.05) is 27.9 Å². The van der Waals surface area contributed by atoms with Crippen LogP contribution in [0.3, 0.4) is 0 Å². The Labute approximate surface area is 182 Å². The number of terminal acetylenes is 1. The van der Waals surface area contributed by atoms with Gasteiger partial charge in [0.1, 0.15) is 17.9 Å². The molecule has 146 valence electrons. The van der Waals surface area contributed by atoms with Crippen molar-refractivity contribution < 1.29 is 14.3 Å². The molecular weight excluding hydrogens is 452 g/mol. The summed E-state index contributed by atoms with van der Waals surface area (Å²) in [5.74, 6) is 1.79. The van der Waals surface area contributed by atoms with Crippen molar-refractivity contribution >= 4 is 56.8 Å². The van der Waals surface area contributed by atoms with E-state index in [0.29, 0.717) is 17.0 Å². The number of anilines is 1. The van der Waals surface area contributed by atoms with Crippen LogP contribution in [0.2, 0.25) is 0 Å². The smallest absolute Gasteiger partial charge is 0.270 e. The molecule has 0 radical (unpaired) electrons. The van der Waals surface area contributed by atoms with Crippen molar-refractivity contribution in [3.8, 4) is 18.1 Å². The van der Waals surface area contributed by atoms with Gasteiger partial charge in [0.05, 0.1) is 5.69 Å². The van der Waals surface area contributed by atoms with Crippen LogP contribution in [0.15, 0.2) is 46.4 Å². The Hall–Kier alpha value is -2.95. The SMILES string of the molecule is C#CCOc1ccc(Br)cc1/C=C1\C(=O)NC(=S)N(c2cc(C)cc(C)c2)C1=O. The van der Waals surface area contributed by atoms with Gasteiger partial charge in [0.15, 0.2) is 5.11 Å².